The molecule has 43 heavy (non-hydrogen) atoms. The molecule has 2 rings (SSSR count). The molecule has 2 aliphatic rings. The van der Waals surface area contributed by atoms with Crippen molar-refractivity contribution in [3.63, 3.8) is 0 Å². The Kier molecular flexibility index (Phi) is 21.3. The molecule has 0 radical (unpaired) electrons. The standard InChI is InChI=1S/C30H56O12.Mg.2H/c1-2-3-4-5-6-7-8-9-10-11-12-13-14-15-16-17-23(33)39-19-22-24(34)26(36)27(37)29(40-22)42-30(20-32)28(38)25(35)21(18-31)41-30;;;/h21-22,24-29,31-32,34-38H,2-20H2,1H3;;;/q;+2;2*-1/t21-,22-,24-,25-,26+,27-,28+,29-,30+;;;/m1.../s1. The maximum absolute atomic E-state index is 12.2. The van der Waals surface area contributed by atoms with Crippen LogP contribution in [0.4, 0.5) is 0 Å². The number of unbranched alkanes of at least 4 members (excludes halogenated alkanes) is 14. The van der Waals surface area contributed by atoms with E-state index in [-0.39, 0.29) is 32.3 Å². The van der Waals surface area contributed by atoms with Gasteiger partial charge in [0.05, 0.1) is 6.61 Å². The molecule has 2 fully saturated rings. The first-order valence-corrected chi connectivity index (χ1v) is 16.0. The van der Waals surface area contributed by atoms with E-state index < -0.39 is 80.6 Å². The van der Waals surface area contributed by atoms with Gasteiger partial charge in [-0.1, -0.05) is 96.8 Å². The van der Waals surface area contributed by atoms with E-state index in [2.05, 4.69) is 6.92 Å². The molecular weight excluding hydrogens is 577 g/mol. The summed E-state index contributed by atoms with van der Waals surface area (Å²) in [5.74, 6) is -2.76. The van der Waals surface area contributed by atoms with Crippen molar-refractivity contribution in [2.45, 2.75) is 164 Å². The van der Waals surface area contributed by atoms with Crippen LogP contribution in [0.25, 0.3) is 0 Å². The van der Waals surface area contributed by atoms with Crippen LogP contribution in [0, 0.1) is 0 Å². The van der Waals surface area contributed by atoms with Crippen molar-refractivity contribution in [3.05, 3.63) is 0 Å². The maximum Gasteiger partial charge on any atom is 2.00 e. The van der Waals surface area contributed by atoms with Gasteiger partial charge in [0, 0.05) is 6.42 Å². The van der Waals surface area contributed by atoms with Crippen LogP contribution in [-0.4, -0.2) is 139 Å². The van der Waals surface area contributed by atoms with Crippen LogP contribution < -0.4 is 0 Å². The SMILES string of the molecule is CCCCCCCCCCCCCCCCCC(=O)OC[C@H]1O[C@H](O[C@]2(CO)O[C@H](CO)[C@@H](O)[C@@H]2O)[C@H](O)[C@@H](O)[C@@H]1O.[H-].[H-].[Mg+2]. The number of hydrogen-bond donors (Lipinski definition) is 7. The molecule has 0 bridgehead atoms. The second-order valence-corrected chi connectivity index (χ2v) is 11.8. The molecule has 2 heterocycles. The topological polar surface area (TPSA) is 196 Å². The number of aliphatic hydroxyl groups excluding tert-OH is 7. The van der Waals surface area contributed by atoms with Crippen LogP contribution in [0.15, 0.2) is 0 Å². The zero-order valence-electron chi connectivity index (χ0n) is 27.9. The molecule has 2 aliphatic heterocycles. The van der Waals surface area contributed by atoms with Crippen LogP contribution in [-0.2, 0) is 23.7 Å². The molecule has 0 aromatic rings. The summed E-state index contributed by atoms with van der Waals surface area (Å²) in [7, 11) is 0. The average Bonchev–Trinajstić information content (AvgIpc) is 3.23. The smallest absolute Gasteiger partial charge is 1.00 e. The van der Waals surface area contributed by atoms with Gasteiger partial charge in [-0.05, 0) is 6.42 Å². The Morgan fingerprint density at radius 2 is 1.23 bits per heavy atom. The van der Waals surface area contributed by atoms with E-state index in [4.69, 9.17) is 18.9 Å². The Morgan fingerprint density at radius 3 is 1.70 bits per heavy atom. The third-order valence-electron chi connectivity index (χ3n) is 8.28. The fourth-order valence-electron chi connectivity index (χ4n) is 5.51. The van der Waals surface area contributed by atoms with Gasteiger partial charge in [0.2, 0.25) is 5.79 Å². The molecule has 12 nitrogen and oxygen atoms in total. The van der Waals surface area contributed by atoms with E-state index in [1.54, 1.807) is 0 Å². The molecule has 0 aromatic carbocycles. The van der Waals surface area contributed by atoms with Crippen molar-refractivity contribution in [2.75, 3.05) is 19.8 Å². The molecule has 0 aromatic heterocycles. The summed E-state index contributed by atoms with van der Waals surface area (Å²) in [4.78, 5) is 12.2. The van der Waals surface area contributed by atoms with Gasteiger partial charge in [0.1, 0.15) is 55.9 Å². The summed E-state index contributed by atoms with van der Waals surface area (Å²) >= 11 is 0. The zero-order chi connectivity index (χ0) is 31.0. The number of carbonyl (C=O) groups is 1. The molecule has 0 unspecified atom stereocenters. The number of hydrogen-bond acceptors (Lipinski definition) is 12. The summed E-state index contributed by atoms with van der Waals surface area (Å²) < 4.78 is 21.5. The molecule has 252 valence electrons. The van der Waals surface area contributed by atoms with E-state index in [1.807, 2.05) is 0 Å². The van der Waals surface area contributed by atoms with Crippen molar-refractivity contribution in [1.29, 1.82) is 0 Å². The first kappa shape index (κ1) is 40.9. The molecule has 9 atom stereocenters. The summed E-state index contributed by atoms with van der Waals surface area (Å²) in [6.07, 6.45) is 5.52. The van der Waals surface area contributed by atoms with Gasteiger partial charge in [-0.3, -0.25) is 4.79 Å². The van der Waals surface area contributed by atoms with E-state index >= 15 is 0 Å². The molecule has 13 heteroatoms. The van der Waals surface area contributed by atoms with Crippen molar-refractivity contribution in [1.82, 2.24) is 0 Å². The van der Waals surface area contributed by atoms with Crippen molar-refractivity contribution in [2.24, 2.45) is 0 Å². The summed E-state index contributed by atoms with van der Waals surface area (Å²) in [6.45, 7) is 0.146. The van der Waals surface area contributed by atoms with Crippen LogP contribution >= 0.6 is 0 Å². The van der Waals surface area contributed by atoms with E-state index in [0.717, 1.165) is 19.3 Å². The van der Waals surface area contributed by atoms with Crippen LogP contribution in [0.3, 0.4) is 0 Å². The van der Waals surface area contributed by atoms with Gasteiger partial charge in [-0.25, -0.2) is 0 Å². The summed E-state index contributed by atoms with van der Waals surface area (Å²) in [5.41, 5.74) is 0. The molecular formula is C30H58MgO12. The van der Waals surface area contributed by atoms with Gasteiger partial charge in [0.25, 0.3) is 0 Å². The van der Waals surface area contributed by atoms with Gasteiger partial charge in [-0.15, -0.1) is 0 Å². The number of rotatable bonds is 22. The third kappa shape index (κ3) is 13.2. The van der Waals surface area contributed by atoms with Crippen LogP contribution in [0.5, 0.6) is 0 Å². The summed E-state index contributed by atoms with van der Waals surface area (Å²) in [5, 5.41) is 70.5. The maximum atomic E-state index is 12.2. The van der Waals surface area contributed by atoms with Gasteiger partial charge >= 0.3 is 29.0 Å². The second kappa shape index (κ2) is 22.4. The minimum atomic E-state index is -2.27. The molecule has 0 saturated carbocycles. The molecule has 7 N–H and O–H groups in total. The predicted molar refractivity (Wildman–Crippen MR) is 160 cm³/mol. The number of ether oxygens (including phenoxy) is 4. The first-order chi connectivity index (χ1) is 20.2. The Bertz CT molecular complexity index is 745. The van der Waals surface area contributed by atoms with Crippen LogP contribution in [0.1, 0.15) is 113 Å². The fourth-order valence-corrected chi connectivity index (χ4v) is 5.51. The fraction of sp³-hybridized carbons (Fsp3) is 0.967. The number of aliphatic hydroxyl groups is 7. The van der Waals surface area contributed by atoms with Crippen LogP contribution in [0.2, 0.25) is 0 Å². The van der Waals surface area contributed by atoms with Gasteiger partial charge < -0.3 is 57.5 Å². The molecule has 2 saturated heterocycles. The zero-order valence-corrected chi connectivity index (χ0v) is 27.3. The van der Waals surface area contributed by atoms with E-state index in [9.17, 15) is 40.5 Å². The predicted octanol–water partition coefficient (Wildman–Crippen LogP) is 1.26. The molecule has 0 aliphatic carbocycles. The quantitative estimate of drug-likeness (QED) is 0.0512. The van der Waals surface area contributed by atoms with Crippen molar-refractivity contribution in [3.8, 4) is 0 Å². The minimum Gasteiger partial charge on any atom is -1.00 e. The molecule has 0 spiro atoms. The third-order valence-corrected chi connectivity index (χ3v) is 8.28. The Morgan fingerprint density at radius 1 is 0.721 bits per heavy atom. The largest absolute Gasteiger partial charge is 2.00 e. The average molecular weight is 635 g/mol. The Balaban J connectivity index is 0. The Labute approximate surface area is 275 Å². The van der Waals surface area contributed by atoms with E-state index in [1.165, 1.54) is 70.6 Å². The van der Waals surface area contributed by atoms with E-state index in [0.29, 0.717) is 6.42 Å². The minimum absolute atomic E-state index is 0. The van der Waals surface area contributed by atoms with Crippen molar-refractivity contribution < 1.29 is 62.3 Å². The Hall–Kier alpha value is -0.164. The normalized spacial score (nSPS) is 32.5. The van der Waals surface area contributed by atoms with Gasteiger partial charge in [0.15, 0.2) is 6.29 Å². The van der Waals surface area contributed by atoms with Crippen molar-refractivity contribution >= 4 is 29.0 Å². The monoisotopic (exact) mass is 634 g/mol. The van der Waals surface area contributed by atoms with Gasteiger partial charge in [-0.2, -0.15) is 0 Å². The second-order valence-electron chi connectivity index (χ2n) is 11.8. The first-order valence-electron chi connectivity index (χ1n) is 16.0. The number of esters is 1. The molecule has 0 amide bonds. The summed E-state index contributed by atoms with van der Waals surface area (Å²) in [6, 6.07) is 0. The number of carbonyl (C=O) groups excluding carboxylic acids is 1.